The van der Waals surface area contributed by atoms with Crippen LogP contribution in [-0.4, -0.2) is 53.4 Å². The van der Waals surface area contributed by atoms with Gasteiger partial charge >= 0.3 is 12.2 Å². The number of rotatable bonds is 5. The average Bonchev–Trinajstić information content (AvgIpc) is 3.41. The van der Waals surface area contributed by atoms with Crippen LogP contribution >= 0.6 is 23.2 Å². The van der Waals surface area contributed by atoms with Crippen LogP contribution in [0.5, 0.6) is 5.75 Å². The normalized spacial score (nSPS) is 16.7. The number of hydrogen-bond acceptors (Lipinski definition) is 5. The van der Waals surface area contributed by atoms with Crippen LogP contribution in [-0.2, 0) is 6.42 Å². The monoisotopic (exact) mass is 604 g/mol. The van der Waals surface area contributed by atoms with Gasteiger partial charge in [0.05, 0.1) is 16.8 Å². The predicted molar refractivity (Wildman–Crippen MR) is 165 cm³/mol. The van der Waals surface area contributed by atoms with Crippen molar-refractivity contribution in [2.24, 2.45) is 0 Å². The SMILES string of the molecule is CN(C(=O)N(c1cc(Cl)ccc1Cl)C1CCN(c2ccc3cnccc3c2)CC1)C1CCc2ccc(OC(=O)O)cc21. The first kappa shape index (κ1) is 28.1. The van der Waals surface area contributed by atoms with E-state index < -0.39 is 6.16 Å². The number of aromatic nitrogens is 1. The smallest absolute Gasteiger partial charge is 0.449 e. The molecule has 1 aliphatic heterocycles. The van der Waals surface area contributed by atoms with Crippen molar-refractivity contribution in [2.75, 3.05) is 29.9 Å². The number of anilines is 2. The zero-order valence-corrected chi connectivity index (χ0v) is 24.6. The van der Waals surface area contributed by atoms with Gasteiger partial charge in [0.25, 0.3) is 0 Å². The molecule has 0 spiro atoms. The number of ether oxygens (including phenoxy) is 1. The summed E-state index contributed by atoms with van der Waals surface area (Å²) < 4.78 is 4.90. The predicted octanol–water partition coefficient (Wildman–Crippen LogP) is 7.81. The van der Waals surface area contributed by atoms with Crippen molar-refractivity contribution in [1.29, 1.82) is 0 Å². The van der Waals surface area contributed by atoms with Crippen LogP contribution in [0.1, 0.15) is 36.4 Å². The van der Waals surface area contributed by atoms with E-state index in [0.717, 1.165) is 66.4 Å². The lowest BCUT2D eigenvalue weighted by Crippen LogP contribution is -2.52. The number of benzene rings is 3. The molecule has 1 aliphatic carbocycles. The molecule has 42 heavy (non-hydrogen) atoms. The lowest BCUT2D eigenvalue weighted by Gasteiger charge is -2.42. The zero-order chi connectivity index (χ0) is 29.4. The molecule has 1 fully saturated rings. The van der Waals surface area contributed by atoms with Crippen molar-refractivity contribution in [3.63, 3.8) is 0 Å². The molecule has 2 aliphatic rings. The molecule has 4 aromatic rings. The van der Waals surface area contributed by atoms with Gasteiger partial charge in [-0.3, -0.25) is 9.88 Å². The zero-order valence-electron chi connectivity index (χ0n) is 23.0. The maximum atomic E-state index is 14.4. The number of pyridine rings is 1. The molecule has 0 bridgehead atoms. The highest BCUT2D eigenvalue weighted by atomic mass is 35.5. The first-order valence-electron chi connectivity index (χ1n) is 13.9. The summed E-state index contributed by atoms with van der Waals surface area (Å²) in [6.07, 6.45) is 5.29. The van der Waals surface area contributed by atoms with E-state index in [1.165, 1.54) is 0 Å². The molecule has 10 heteroatoms. The van der Waals surface area contributed by atoms with Gasteiger partial charge in [0.1, 0.15) is 5.75 Å². The average molecular weight is 606 g/mol. The summed E-state index contributed by atoms with van der Waals surface area (Å²) in [6.45, 7) is 1.55. The minimum absolute atomic E-state index is 0.0978. The van der Waals surface area contributed by atoms with E-state index in [2.05, 4.69) is 28.1 Å². The Morgan fingerprint density at radius 2 is 1.79 bits per heavy atom. The van der Waals surface area contributed by atoms with Gasteiger partial charge in [-0.15, -0.1) is 0 Å². The Hall–Kier alpha value is -4.01. The molecule has 1 saturated heterocycles. The summed E-state index contributed by atoms with van der Waals surface area (Å²) in [5.41, 5.74) is 3.69. The maximum Gasteiger partial charge on any atom is 0.511 e. The van der Waals surface area contributed by atoms with Crippen LogP contribution in [0.25, 0.3) is 10.8 Å². The summed E-state index contributed by atoms with van der Waals surface area (Å²) in [5.74, 6) is 0.237. The lowest BCUT2D eigenvalue weighted by atomic mass is 10.0. The Labute approximate surface area is 254 Å². The van der Waals surface area contributed by atoms with E-state index in [4.69, 9.17) is 33.0 Å². The number of aryl methyl sites for hydroxylation is 1. The Balaban J connectivity index is 1.26. The number of amides is 2. The third-order valence-electron chi connectivity index (χ3n) is 8.33. The second-order valence-electron chi connectivity index (χ2n) is 10.8. The molecule has 1 atom stereocenters. The van der Waals surface area contributed by atoms with Crippen LogP contribution in [0.15, 0.2) is 73.1 Å². The lowest BCUT2D eigenvalue weighted by molar-refractivity contribution is 0.144. The number of piperidine rings is 1. The molecular weight excluding hydrogens is 575 g/mol. The van der Waals surface area contributed by atoms with Crippen molar-refractivity contribution >= 4 is 57.5 Å². The van der Waals surface area contributed by atoms with E-state index in [-0.39, 0.29) is 23.9 Å². The number of urea groups is 1. The fourth-order valence-electron chi connectivity index (χ4n) is 6.20. The van der Waals surface area contributed by atoms with Crippen molar-refractivity contribution < 1.29 is 19.4 Å². The number of carbonyl (C=O) groups excluding carboxylic acids is 1. The topological polar surface area (TPSA) is 86.2 Å². The number of carboxylic acid groups (broad SMARTS) is 1. The van der Waals surface area contributed by atoms with Crippen LogP contribution in [0.4, 0.5) is 21.0 Å². The number of fused-ring (bicyclic) bond motifs is 2. The number of nitrogens with zero attached hydrogens (tertiary/aromatic N) is 4. The van der Waals surface area contributed by atoms with Crippen molar-refractivity contribution in [3.05, 3.63) is 94.2 Å². The van der Waals surface area contributed by atoms with E-state index in [1.54, 1.807) is 53.4 Å². The molecule has 216 valence electrons. The van der Waals surface area contributed by atoms with Crippen molar-refractivity contribution in [1.82, 2.24) is 9.88 Å². The van der Waals surface area contributed by atoms with Gasteiger partial charge < -0.3 is 19.6 Å². The van der Waals surface area contributed by atoms with Gasteiger partial charge in [-0.05, 0) is 90.7 Å². The molecular formula is C32H30Cl2N4O4. The molecule has 8 nitrogen and oxygen atoms in total. The van der Waals surface area contributed by atoms with Gasteiger partial charge in [0, 0.05) is 54.7 Å². The number of carbonyl (C=O) groups is 2. The molecule has 3 aromatic carbocycles. The molecule has 1 aromatic heterocycles. The Morgan fingerprint density at radius 1 is 0.976 bits per heavy atom. The fourth-order valence-corrected chi connectivity index (χ4v) is 6.58. The Kier molecular flexibility index (Phi) is 7.84. The Bertz CT molecular complexity index is 1660. The maximum absolute atomic E-state index is 14.4. The second kappa shape index (κ2) is 11.7. The van der Waals surface area contributed by atoms with E-state index in [1.807, 2.05) is 18.3 Å². The standard InChI is InChI=1S/C32H30Cl2N4O4/c1-36(29-9-4-20-3-7-26(18-27(20)29)42-32(40)41)31(39)38(30-17-23(33)5-8-28(30)34)24-11-14-37(15-12-24)25-6-2-22-19-35-13-10-21(22)16-25/h2-3,5-8,10,13,16-19,24,29H,4,9,11-12,14-15H2,1H3,(H,40,41). The van der Waals surface area contributed by atoms with Crippen LogP contribution < -0.4 is 14.5 Å². The summed E-state index contributed by atoms with van der Waals surface area (Å²) in [6, 6.07) is 18.3. The van der Waals surface area contributed by atoms with Crippen molar-refractivity contribution in [2.45, 2.75) is 37.8 Å². The van der Waals surface area contributed by atoms with Gasteiger partial charge in [0.2, 0.25) is 0 Å². The third kappa shape index (κ3) is 5.56. The second-order valence-corrected chi connectivity index (χ2v) is 11.6. The molecule has 6 rings (SSSR count). The quantitative estimate of drug-likeness (QED) is 0.185. The number of hydrogen-bond donors (Lipinski definition) is 1. The molecule has 2 amide bonds. The molecule has 0 saturated carbocycles. The first-order chi connectivity index (χ1) is 20.3. The van der Waals surface area contributed by atoms with E-state index in [9.17, 15) is 9.59 Å². The molecule has 1 unspecified atom stereocenters. The van der Waals surface area contributed by atoms with Crippen LogP contribution in [0.3, 0.4) is 0 Å². The molecule has 0 radical (unpaired) electrons. The van der Waals surface area contributed by atoms with Crippen LogP contribution in [0, 0.1) is 0 Å². The van der Waals surface area contributed by atoms with Gasteiger partial charge in [-0.1, -0.05) is 35.3 Å². The van der Waals surface area contributed by atoms with Gasteiger partial charge in [0.15, 0.2) is 0 Å². The highest BCUT2D eigenvalue weighted by molar-refractivity contribution is 6.35. The van der Waals surface area contributed by atoms with E-state index >= 15 is 0 Å². The van der Waals surface area contributed by atoms with Crippen LogP contribution in [0.2, 0.25) is 10.0 Å². The largest absolute Gasteiger partial charge is 0.511 e. The number of halogens is 2. The summed E-state index contributed by atoms with van der Waals surface area (Å²) in [7, 11) is 1.79. The molecule has 2 heterocycles. The summed E-state index contributed by atoms with van der Waals surface area (Å²) >= 11 is 13.1. The highest BCUT2D eigenvalue weighted by Gasteiger charge is 2.37. The van der Waals surface area contributed by atoms with Crippen molar-refractivity contribution in [3.8, 4) is 5.75 Å². The fraction of sp³-hybridized carbons (Fsp3) is 0.281. The van der Waals surface area contributed by atoms with Gasteiger partial charge in [-0.2, -0.15) is 0 Å². The summed E-state index contributed by atoms with van der Waals surface area (Å²) in [4.78, 5) is 35.6. The minimum Gasteiger partial charge on any atom is -0.449 e. The summed E-state index contributed by atoms with van der Waals surface area (Å²) in [5, 5.41) is 12.3. The Morgan fingerprint density at radius 3 is 2.57 bits per heavy atom. The van der Waals surface area contributed by atoms with E-state index in [0.29, 0.717) is 15.7 Å². The third-order valence-corrected chi connectivity index (χ3v) is 8.89. The first-order valence-corrected chi connectivity index (χ1v) is 14.7. The minimum atomic E-state index is -1.37. The van der Waals surface area contributed by atoms with Gasteiger partial charge in [-0.25, -0.2) is 9.59 Å². The molecule has 1 N–H and O–H groups in total. The highest BCUT2D eigenvalue weighted by Crippen LogP contribution is 2.40.